The van der Waals surface area contributed by atoms with Gasteiger partial charge >= 0.3 is 0 Å². The van der Waals surface area contributed by atoms with E-state index >= 15 is 0 Å². The number of ether oxygens (including phenoxy) is 1. The van der Waals surface area contributed by atoms with Gasteiger partial charge in [0, 0.05) is 13.2 Å². The van der Waals surface area contributed by atoms with Crippen LogP contribution in [0.25, 0.3) is 0 Å². The summed E-state index contributed by atoms with van der Waals surface area (Å²) in [5.41, 5.74) is 5.40. The molecule has 1 atom stereocenters. The molecule has 1 rings (SSSR count). The lowest BCUT2D eigenvalue weighted by Crippen LogP contribution is -2.20. The molecular weight excluding hydrogens is 224 g/mol. The topological polar surface area (TPSA) is 103 Å². The molecule has 0 saturated carbocycles. The number of rotatable bonds is 6. The molecule has 3 N–H and O–H groups in total. The van der Waals surface area contributed by atoms with E-state index in [1.165, 1.54) is 12.1 Å². The van der Waals surface area contributed by atoms with E-state index in [1.54, 1.807) is 0 Å². The van der Waals surface area contributed by atoms with Crippen molar-refractivity contribution in [3.05, 3.63) is 22.2 Å². The maximum Gasteiger partial charge on any atom is 0.276 e. The molecule has 94 valence electrons. The van der Waals surface area contributed by atoms with Crippen molar-refractivity contribution in [2.24, 2.45) is 0 Å². The molecule has 1 heterocycles. The van der Waals surface area contributed by atoms with Gasteiger partial charge in [-0.05, 0) is 13.8 Å². The van der Waals surface area contributed by atoms with Gasteiger partial charge in [0.2, 0.25) is 0 Å². The zero-order valence-corrected chi connectivity index (χ0v) is 9.84. The average molecular weight is 240 g/mol. The van der Waals surface area contributed by atoms with Crippen LogP contribution in [0.4, 0.5) is 17.3 Å². The first kappa shape index (κ1) is 13.2. The number of nitrogens with one attached hydrogen (secondary N) is 1. The number of pyridine rings is 1. The van der Waals surface area contributed by atoms with Crippen LogP contribution in [0.3, 0.4) is 0 Å². The van der Waals surface area contributed by atoms with E-state index < -0.39 is 4.92 Å². The predicted molar refractivity (Wildman–Crippen MR) is 64.9 cm³/mol. The van der Waals surface area contributed by atoms with Crippen molar-refractivity contribution in [2.75, 3.05) is 24.2 Å². The first-order chi connectivity index (χ1) is 8.02. The largest absolute Gasteiger partial charge is 0.383 e. The molecule has 7 nitrogen and oxygen atoms in total. The number of nitrogens with zero attached hydrogens (tertiary/aromatic N) is 2. The lowest BCUT2D eigenvalue weighted by Gasteiger charge is -2.12. The van der Waals surface area contributed by atoms with E-state index in [0.29, 0.717) is 19.0 Å². The van der Waals surface area contributed by atoms with Gasteiger partial charge in [-0.25, -0.2) is 4.98 Å². The summed E-state index contributed by atoms with van der Waals surface area (Å²) in [4.78, 5) is 14.1. The third kappa shape index (κ3) is 4.23. The molecule has 0 aliphatic carbocycles. The molecule has 0 bridgehead atoms. The molecule has 0 spiro atoms. The summed E-state index contributed by atoms with van der Waals surface area (Å²) in [6, 6.07) is 2.56. The summed E-state index contributed by atoms with van der Waals surface area (Å²) in [5, 5.41) is 13.6. The minimum Gasteiger partial charge on any atom is -0.383 e. The molecule has 1 aromatic heterocycles. The highest BCUT2D eigenvalue weighted by atomic mass is 16.6. The molecule has 1 unspecified atom stereocenters. The molecule has 0 fully saturated rings. The third-order valence-electron chi connectivity index (χ3n) is 2.06. The van der Waals surface area contributed by atoms with Crippen LogP contribution < -0.4 is 11.1 Å². The van der Waals surface area contributed by atoms with Gasteiger partial charge in [0.25, 0.3) is 5.69 Å². The second-order valence-electron chi connectivity index (χ2n) is 3.54. The Hall–Kier alpha value is -1.89. The fourth-order valence-corrected chi connectivity index (χ4v) is 1.32. The van der Waals surface area contributed by atoms with E-state index in [9.17, 15) is 10.1 Å². The summed E-state index contributed by atoms with van der Waals surface area (Å²) in [5.74, 6) is 0.494. The van der Waals surface area contributed by atoms with Crippen LogP contribution in [-0.2, 0) is 4.74 Å². The number of anilines is 2. The van der Waals surface area contributed by atoms with Crippen molar-refractivity contribution in [1.29, 1.82) is 0 Å². The van der Waals surface area contributed by atoms with Gasteiger partial charge in [-0.15, -0.1) is 0 Å². The van der Waals surface area contributed by atoms with Gasteiger partial charge in [0.15, 0.2) is 0 Å². The summed E-state index contributed by atoms with van der Waals surface area (Å²) in [6.45, 7) is 4.94. The van der Waals surface area contributed by atoms with E-state index in [1.807, 2.05) is 13.8 Å². The first-order valence-electron chi connectivity index (χ1n) is 5.30. The summed E-state index contributed by atoms with van der Waals surface area (Å²) in [6.07, 6.45) is 0.00212. The second-order valence-corrected chi connectivity index (χ2v) is 3.54. The molecule has 0 radical (unpaired) electrons. The molecule has 17 heavy (non-hydrogen) atoms. The van der Waals surface area contributed by atoms with Crippen molar-refractivity contribution in [2.45, 2.75) is 20.0 Å². The number of nitrogen functional groups attached to an aromatic ring is 1. The Morgan fingerprint density at radius 1 is 1.65 bits per heavy atom. The fourth-order valence-electron chi connectivity index (χ4n) is 1.32. The van der Waals surface area contributed by atoms with Gasteiger partial charge in [0.1, 0.15) is 11.6 Å². The van der Waals surface area contributed by atoms with Crippen molar-refractivity contribution < 1.29 is 9.66 Å². The molecule has 0 aromatic carbocycles. The highest BCUT2D eigenvalue weighted by Gasteiger charge is 2.10. The summed E-state index contributed by atoms with van der Waals surface area (Å²) < 4.78 is 5.32. The number of aromatic nitrogens is 1. The molecule has 7 heteroatoms. The molecular formula is C10H16N4O3. The maximum atomic E-state index is 10.6. The zero-order chi connectivity index (χ0) is 12.8. The van der Waals surface area contributed by atoms with Crippen molar-refractivity contribution in [1.82, 2.24) is 4.98 Å². The Bertz CT molecular complexity index is 397. The highest BCUT2D eigenvalue weighted by Crippen LogP contribution is 2.18. The summed E-state index contributed by atoms with van der Waals surface area (Å²) >= 11 is 0. The zero-order valence-electron chi connectivity index (χ0n) is 9.84. The van der Waals surface area contributed by atoms with E-state index in [4.69, 9.17) is 10.5 Å². The van der Waals surface area contributed by atoms with Crippen molar-refractivity contribution in [3.63, 3.8) is 0 Å². The van der Waals surface area contributed by atoms with Crippen LogP contribution in [0.5, 0.6) is 0 Å². The number of hydrogen-bond donors (Lipinski definition) is 2. The van der Waals surface area contributed by atoms with Crippen molar-refractivity contribution >= 4 is 17.3 Å². The molecule has 0 aliphatic rings. The Morgan fingerprint density at radius 3 is 2.94 bits per heavy atom. The minimum atomic E-state index is -0.505. The number of nitro groups is 1. The Balaban J connectivity index is 2.68. The smallest absolute Gasteiger partial charge is 0.276 e. The van der Waals surface area contributed by atoms with Gasteiger partial charge in [-0.3, -0.25) is 10.1 Å². The first-order valence-corrected chi connectivity index (χ1v) is 5.30. The van der Waals surface area contributed by atoms with Gasteiger partial charge in [-0.2, -0.15) is 0 Å². The van der Waals surface area contributed by atoms with Gasteiger partial charge in [-0.1, -0.05) is 0 Å². The van der Waals surface area contributed by atoms with Crippen molar-refractivity contribution in [3.8, 4) is 0 Å². The lowest BCUT2D eigenvalue weighted by molar-refractivity contribution is -0.384. The normalized spacial score (nSPS) is 12.1. The molecule has 0 aliphatic heterocycles. The SMILES string of the molecule is CCOC(C)CNc1cc([N+](=O)[O-])cc(N)n1. The van der Waals surface area contributed by atoms with Crippen LogP contribution in [0.15, 0.2) is 12.1 Å². The highest BCUT2D eigenvalue weighted by molar-refractivity contribution is 5.52. The lowest BCUT2D eigenvalue weighted by atomic mass is 10.3. The van der Waals surface area contributed by atoms with Crippen LogP contribution in [0.2, 0.25) is 0 Å². The molecule has 0 saturated heterocycles. The van der Waals surface area contributed by atoms with Gasteiger partial charge in [0.05, 0.1) is 23.2 Å². The third-order valence-corrected chi connectivity index (χ3v) is 2.06. The van der Waals surface area contributed by atoms with E-state index in [0.717, 1.165) is 0 Å². The van der Waals surface area contributed by atoms with Crippen LogP contribution in [0.1, 0.15) is 13.8 Å². The average Bonchev–Trinajstić information content (AvgIpc) is 2.26. The maximum absolute atomic E-state index is 10.6. The van der Waals surface area contributed by atoms with Gasteiger partial charge < -0.3 is 15.8 Å². The standard InChI is InChI=1S/C10H16N4O3/c1-3-17-7(2)6-12-10-5-8(14(15)16)4-9(11)13-10/h4-5,7H,3,6H2,1-2H3,(H3,11,12,13). The quantitative estimate of drug-likeness (QED) is 0.575. The summed E-state index contributed by atoms with van der Waals surface area (Å²) in [7, 11) is 0. The van der Waals surface area contributed by atoms with E-state index in [-0.39, 0.29) is 17.6 Å². The molecule has 1 aromatic rings. The second kappa shape index (κ2) is 6.00. The Morgan fingerprint density at radius 2 is 2.35 bits per heavy atom. The Labute approximate surface area is 99.1 Å². The monoisotopic (exact) mass is 240 g/mol. The van der Waals surface area contributed by atoms with Crippen LogP contribution in [0, 0.1) is 10.1 Å². The number of hydrogen-bond acceptors (Lipinski definition) is 6. The van der Waals surface area contributed by atoms with E-state index in [2.05, 4.69) is 10.3 Å². The van der Waals surface area contributed by atoms with Crippen LogP contribution in [-0.4, -0.2) is 29.2 Å². The fraction of sp³-hybridized carbons (Fsp3) is 0.500. The minimum absolute atomic E-state index is 0.00212. The molecule has 0 amide bonds. The number of nitrogens with two attached hydrogens (primary N) is 1. The Kier molecular flexibility index (Phi) is 4.65. The predicted octanol–water partition coefficient (Wildman–Crippen LogP) is 1.41. The van der Waals surface area contributed by atoms with Crippen LogP contribution >= 0.6 is 0 Å².